The van der Waals surface area contributed by atoms with Crippen LogP contribution in [-0.2, 0) is 6.42 Å². The molecule has 0 aliphatic carbocycles. The second kappa shape index (κ2) is 5.14. The molecule has 100 valence electrons. The fraction of sp³-hybridized carbons (Fsp3) is 0.286. The molecule has 0 aliphatic rings. The Morgan fingerprint density at radius 1 is 1.47 bits per heavy atom. The summed E-state index contributed by atoms with van der Waals surface area (Å²) in [6, 6.07) is 5.70. The molecule has 19 heavy (non-hydrogen) atoms. The van der Waals surface area contributed by atoms with Crippen LogP contribution in [0.15, 0.2) is 18.2 Å². The Kier molecular flexibility index (Phi) is 3.55. The summed E-state index contributed by atoms with van der Waals surface area (Å²) in [7, 11) is 1.58. The average Bonchev–Trinajstić information content (AvgIpc) is 2.82. The maximum atomic E-state index is 11.1. The van der Waals surface area contributed by atoms with Gasteiger partial charge in [0.2, 0.25) is 0 Å². The minimum atomic E-state index is -1.02. The quantitative estimate of drug-likeness (QED) is 0.886. The largest absolute Gasteiger partial charge is 0.496 e. The van der Waals surface area contributed by atoms with Crippen LogP contribution in [0.25, 0.3) is 11.4 Å². The monoisotopic (exact) mass is 260 g/mol. The highest BCUT2D eigenvalue weighted by Gasteiger charge is 2.18. The van der Waals surface area contributed by atoms with Crippen LogP contribution in [0.4, 0.5) is 0 Å². The summed E-state index contributed by atoms with van der Waals surface area (Å²) in [4.78, 5) is 18.4. The molecule has 1 heterocycles. The molecule has 0 amide bonds. The topological polar surface area (TPSA) is 75.2 Å². The highest BCUT2D eigenvalue weighted by molar-refractivity contribution is 5.88. The Morgan fingerprint density at radius 2 is 2.21 bits per heavy atom. The zero-order valence-electron chi connectivity index (χ0n) is 11.2. The number of aromatic carboxylic acids is 1. The minimum absolute atomic E-state index is 0.0704. The molecule has 2 aromatic rings. The van der Waals surface area contributed by atoms with Gasteiger partial charge in [0.25, 0.3) is 0 Å². The number of hydrogen-bond donors (Lipinski definition) is 2. The molecule has 0 saturated carbocycles. The third kappa shape index (κ3) is 2.45. The SMILES string of the molecule is CCc1[nH]c(-c2cc(C)ccc2OC)nc1C(=O)O. The lowest BCUT2D eigenvalue weighted by molar-refractivity contribution is 0.0690. The third-order valence-electron chi connectivity index (χ3n) is 2.94. The molecule has 0 unspecified atom stereocenters. The molecule has 0 fully saturated rings. The Labute approximate surface area is 111 Å². The molecule has 0 radical (unpaired) electrons. The number of carboxylic acids is 1. The summed E-state index contributed by atoms with van der Waals surface area (Å²) >= 11 is 0. The van der Waals surface area contributed by atoms with Gasteiger partial charge in [-0.2, -0.15) is 0 Å². The second-order valence-electron chi connectivity index (χ2n) is 4.28. The van der Waals surface area contributed by atoms with Crippen LogP contribution in [0.1, 0.15) is 28.7 Å². The summed E-state index contributed by atoms with van der Waals surface area (Å²) in [5.41, 5.74) is 2.51. The predicted molar refractivity (Wildman–Crippen MR) is 71.7 cm³/mol. The van der Waals surface area contributed by atoms with Crippen molar-refractivity contribution in [3.63, 3.8) is 0 Å². The van der Waals surface area contributed by atoms with Crippen LogP contribution in [0, 0.1) is 6.92 Å². The molecular formula is C14H16N2O3. The molecular weight excluding hydrogens is 244 g/mol. The third-order valence-corrected chi connectivity index (χ3v) is 2.94. The van der Waals surface area contributed by atoms with E-state index in [1.165, 1.54) is 0 Å². The van der Waals surface area contributed by atoms with Crippen molar-refractivity contribution in [1.82, 2.24) is 9.97 Å². The fourth-order valence-corrected chi connectivity index (χ4v) is 1.98. The lowest BCUT2D eigenvalue weighted by atomic mass is 10.1. The lowest BCUT2D eigenvalue weighted by Gasteiger charge is -2.06. The van der Waals surface area contributed by atoms with Crippen molar-refractivity contribution in [2.75, 3.05) is 7.11 Å². The normalized spacial score (nSPS) is 10.5. The summed E-state index contributed by atoms with van der Waals surface area (Å²) in [6.45, 7) is 3.85. The Bertz CT molecular complexity index is 617. The van der Waals surface area contributed by atoms with Crippen LogP contribution in [0.5, 0.6) is 5.75 Å². The van der Waals surface area contributed by atoms with Gasteiger partial charge in [-0.3, -0.25) is 0 Å². The maximum Gasteiger partial charge on any atom is 0.356 e. The number of aromatic nitrogens is 2. The van der Waals surface area contributed by atoms with E-state index in [4.69, 9.17) is 9.84 Å². The van der Waals surface area contributed by atoms with Crippen LogP contribution in [0.3, 0.4) is 0 Å². The number of aryl methyl sites for hydroxylation is 2. The van der Waals surface area contributed by atoms with Gasteiger partial charge < -0.3 is 14.8 Å². The van der Waals surface area contributed by atoms with E-state index in [1.54, 1.807) is 7.11 Å². The fourth-order valence-electron chi connectivity index (χ4n) is 1.98. The number of imidazole rings is 1. The van der Waals surface area contributed by atoms with Crippen LogP contribution in [0.2, 0.25) is 0 Å². The zero-order chi connectivity index (χ0) is 14.0. The van der Waals surface area contributed by atoms with Gasteiger partial charge in [-0.15, -0.1) is 0 Å². The zero-order valence-corrected chi connectivity index (χ0v) is 11.2. The molecule has 1 aromatic heterocycles. The van der Waals surface area contributed by atoms with Crippen molar-refractivity contribution in [1.29, 1.82) is 0 Å². The van der Waals surface area contributed by atoms with Crippen molar-refractivity contribution in [3.05, 3.63) is 35.2 Å². The van der Waals surface area contributed by atoms with E-state index in [0.29, 0.717) is 23.7 Å². The van der Waals surface area contributed by atoms with Gasteiger partial charge in [-0.1, -0.05) is 18.6 Å². The van der Waals surface area contributed by atoms with Gasteiger partial charge in [-0.05, 0) is 25.5 Å². The van der Waals surface area contributed by atoms with Crippen LogP contribution < -0.4 is 4.74 Å². The molecule has 1 aromatic carbocycles. The van der Waals surface area contributed by atoms with Crippen molar-refractivity contribution >= 4 is 5.97 Å². The van der Waals surface area contributed by atoms with E-state index in [1.807, 2.05) is 32.0 Å². The summed E-state index contributed by atoms with van der Waals surface area (Å²) in [5.74, 6) is 0.166. The molecule has 2 rings (SSSR count). The highest BCUT2D eigenvalue weighted by Crippen LogP contribution is 2.29. The first-order chi connectivity index (χ1) is 9.06. The number of hydrogen-bond acceptors (Lipinski definition) is 3. The number of rotatable bonds is 4. The van der Waals surface area contributed by atoms with Crippen LogP contribution in [-0.4, -0.2) is 28.2 Å². The van der Waals surface area contributed by atoms with Gasteiger partial charge in [0.1, 0.15) is 11.6 Å². The summed E-state index contributed by atoms with van der Waals surface area (Å²) < 4.78 is 5.29. The Hall–Kier alpha value is -2.30. The Balaban J connectivity index is 2.59. The number of ether oxygens (including phenoxy) is 1. The number of carboxylic acid groups (broad SMARTS) is 1. The van der Waals surface area contributed by atoms with E-state index in [2.05, 4.69) is 9.97 Å². The van der Waals surface area contributed by atoms with Gasteiger partial charge in [-0.25, -0.2) is 9.78 Å². The van der Waals surface area contributed by atoms with Gasteiger partial charge in [0.15, 0.2) is 5.69 Å². The molecule has 0 saturated heterocycles. The number of H-pyrrole nitrogens is 1. The molecule has 2 N–H and O–H groups in total. The molecule has 0 atom stereocenters. The molecule has 0 bridgehead atoms. The van der Waals surface area contributed by atoms with Crippen molar-refractivity contribution in [2.24, 2.45) is 0 Å². The van der Waals surface area contributed by atoms with Crippen molar-refractivity contribution in [3.8, 4) is 17.1 Å². The predicted octanol–water partition coefficient (Wildman–Crippen LogP) is 2.65. The number of nitrogens with one attached hydrogen (secondary N) is 1. The number of nitrogens with zero attached hydrogens (tertiary/aromatic N) is 1. The smallest absolute Gasteiger partial charge is 0.356 e. The number of carbonyl (C=O) groups is 1. The van der Waals surface area contributed by atoms with E-state index >= 15 is 0 Å². The van der Waals surface area contributed by atoms with E-state index in [9.17, 15) is 4.79 Å². The number of methoxy groups -OCH3 is 1. The first kappa shape index (κ1) is 13.1. The average molecular weight is 260 g/mol. The van der Waals surface area contributed by atoms with E-state index in [0.717, 1.165) is 11.1 Å². The summed E-state index contributed by atoms with van der Waals surface area (Å²) in [6.07, 6.45) is 0.586. The van der Waals surface area contributed by atoms with Gasteiger partial charge in [0, 0.05) is 5.69 Å². The highest BCUT2D eigenvalue weighted by atomic mass is 16.5. The standard InChI is InChI=1S/C14H16N2O3/c1-4-10-12(14(17)18)16-13(15-10)9-7-8(2)5-6-11(9)19-3/h5-7H,4H2,1-3H3,(H,15,16)(H,17,18). The van der Waals surface area contributed by atoms with Gasteiger partial charge in [0.05, 0.1) is 12.7 Å². The molecule has 0 aliphatic heterocycles. The maximum absolute atomic E-state index is 11.1. The number of benzene rings is 1. The van der Waals surface area contributed by atoms with Crippen molar-refractivity contribution in [2.45, 2.75) is 20.3 Å². The Morgan fingerprint density at radius 3 is 2.74 bits per heavy atom. The van der Waals surface area contributed by atoms with Gasteiger partial charge >= 0.3 is 5.97 Å². The molecule has 0 spiro atoms. The number of aromatic amines is 1. The van der Waals surface area contributed by atoms with Crippen LogP contribution >= 0.6 is 0 Å². The van der Waals surface area contributed by atoms with E-state index in [-0.39, 0.29) is 5.69 Å². The van der Waals surface area contributed by atoms with Crippen molar-refractivity contribution < 1.29 is 14.6 Å². The first-order valence-corrected chi connectivity index (χ1v) is 6.04. The first-order valence-electron chi connectivity index (χ1n) is 6.04. The minimum Gasteiger partial charge on any atom is -0.496 e. The molecule has 5 nitrogen and oxygen atoms in total. The summed E-state index contributed by atoms with van der Waals surface area (Å²) in [5, 5.41) is 9.12. The molecule has 5 heteroatoms. The van der Waals surface area contributed by atoms with E-state index < -0.39 is 5.97 Å². The lowest BCUT2D eigenvalue weighted by Crippen LogP contribution is -2.00. The second-order valence-corrected chi connectivity index (χ2v) is 4.28.